The second kappa shape index (κ2) is 28.4. The number of aldehydes is 1. The number of amides is 1. The van der Waals surface area contributed by atoms with Crippen molar-refractivity contribution in [1.29, 1.82) is 0 Å². The number of hydrogen-bond acceptors (Lipinski definition) is 7. The first-order chi connectivity index (χ1) is 23.0. The molecule has 1 saturated heterocycles. The molecule has 8 nitrogen and oxygen atoms in total. The monoisotopic (exact) mass is 642 g/mol. The predicted octanol–water partition coefficient (Wildman–Crippen LogP) is 8.89. The van der Waals surface area contributed by atoms with Crippen molar-refractivity contribution in [3.05, 3.63) is 90.0 Å². The molecule has 8 heteroatoms. The zero-order valence-corrected chi connectivity index (χ0v) is 29.5. The van der Waals surface area contributed by atoms with Gasteiger partial charge in [0.1, 0.15) is 13.1 Å². The summed E-state index contributed by atoms with van der Waals surface area (Å²) in [6.07, 6.45) is 12.3. The van der Waals surface area contributed by atoms with E-state index in [4.69, 9.17) is 14.0 Å². The molecule has 0 unspecified atom stereocenters. The number of terminal acetylenes is 1. The van der Waals surface area contributed by atoms with Gasteiger partial charge in [-0.25, -0.2) is 0 Å². The molecular formula is C39H54N4O4. The highest BCUT2D eigenvalue weighted by atomic mass is 16.4. The van der Waals surface area contributed by atoms with Gasteiger partial charge in [-0.2, -0.15) is 0 Å². The van der Waals surface area contributed by atoms with Gasteiger partial charge < -0.3 is 24.2 Å². The van der Waals surface area contributed by atoms with Gasteiger partial charge in [0.15, 0.2) is 0 Å². The van der Waals surface area contributed by atoms with E-state index in [1.54, 1.807) is 19.2 Å². The first-order valence-corrected chi connectivity index (χ1v) is 16.1. The van der Waals surface area contributed by atoms with Gasteiger partial charge in [0.2, 0.25) is 11.8 Å². The Morgan fingerprint density at radius 3 is 1.66 bits per heavy atom. The van der Waals surface area contributed by atoms with Crippen molar-refractivity contribution in [2.75, 3.05) is 25.0 Å². The van der Waals surface area contributed by atoms with Gasteiger partial charge in [-0.1, -0.05) is 78.3 Å². The zero-order chi connectivity index (χ0) is 36.0. The van der Waals surface area contributed by atoms with Crippen LogP contribution in [0.4, 0.5) is 5.69 Å². The predicted molar refractivity (Wildman–Crippen MR) is 197 cm³/mol. The fourth-order valence-electron chi connectivity index (χ4n) is 4.38. The summed E-state index contributed by atoms with van der Waals surface area (Å²) >= 11 is 0. The van der Waals surface area contributed by atoms with Crippen LogP contribution in [0.25, 0.3) is 22.9 Å². The Morgan fingerprint density at radius 2 is 1.26 bits per heavy atom. The lowest BCUT2D eigenvalue weighted by Crippen LogP contribution is -2.32. The van der Waals surface area contributed by atoms with Crippen LogP contribution in [0.1, 0.15) is 89.6 Å². The van der Waals surface area contributed by atoms with E-state index in [9.17, 15) is 4.79 Å². The van der Waals surface area contributed by atoms with Gasteiger partial charge in [-0.15, -0.1) is 23.0 Å². The van der Waals surface area contributed by atoms with Crippen LogP contribution in [0.15, 0.2) is 83.3 Å². The third kappa shape index (κ3) is 15.2. The number of hydrogen-bond donors (Lipinski definition) is 1. The SMILES string of the molecule is C#C.C=O.CC.CC.CC=O.CCC.CNC(=O)c1ccc(-c2nnc(-c3ccc(N4CCC(c5ccccc5)CC4)cc3)o2)cc1. The molecule has 0 radical (unpaired) electrons. The highest BCUT2D eigenvalue weighted by molar-refractivity contribution is 5.94. The molecule has 2 heterocycles. The minimum absolute atomic E-state index is 0.128. The van der Waals surface area contributed by atoms with Crippen LogP contribution in [0.2, 0.25) is 0 Å². The number of carbonyl (C=O) groups excluding carboxylic acids is 3. The van der Waals surface area contributed by atoms with Crippen molar-refractivity contribution < 1.29 is 18.8 Å². The van der Waals surface area contributed by atoms with Crippen LogP contribution in [-0.2, 0) is 9.59 Å². The third-order valence-corrected chi connectivity index (χ3v) is 6.29. The first kappa shape index (κ1) is 44.1. The van der Waals surface area contributed by atoms with Crippen molar-refractivity contribution in [1.82, 2.24) is 15.5 Å². The van der Waals surface area contributed by atoms with Crippen LogP contribution < -0.4 is 10.2 Å². The van der Waals surface area contributed by atoms with Crippen molar-refractivity contribution in [3.8, 4) is 35.8 Å². The van der Waals surface area contributed by atoms with E-state index >= 15 is 0 Å². The summed E-state index contributed by atoms with van der Waals surface area (Å²) in [6, 6.07) is 26.2. The number of rotatable bonds is 5. The smallest absolute Gasteiger partial charge is 0.251 e. The Labute approximate surface area is 283 Å². The molecule has 47 heavy (non-hydrogen) atoms. The average molecular weight is 643 g/mol. The number of piperidine rings is 1. The maximum absolute atomic E-state index is 11.7. The van der Waals surface area contributed by atoms with Crippen molar-refractivity contribution in [2.45, 2.75) is 73.6 Å². The van der Waals surface area contributed by atoms with E-state index in [0.29, 0.717) is 23.3 Å². The van der Waals surface area contributed by atoms with Crippen LogP contribution in [0, 0.1) is 12.8 Å². The van der Waals surface area contributed by atoms with Crippen LogP contribution in [0.3, 0.4) is 0 Å². The standard InChI is InChI=1S/C27H26N4O2.C3H8.C2H4O.2C2H6.C2H2.CH2O/c1-28-25(32)21-7-9-22(10-8-21)26-29-30-27(33-26)23-11-13-24(14-12-23)31-17-15-20(16-18-31)19-5-3-2-4-6-19;1-3-2;1-2-3;4*1-2/h2-14,20H,15-18H2,1H3,(H,28,32);3H2,1-2H3;2H,1H3;2*1-2H3;1-2H;1H2. The summed E-state index contributed by atoms with van der Waals surface area (Å²) in [6.45, 7) is 17.8. The Balaban J connectivity index is 0. The van der Waals surface area contributed by atoms with Crippen LogP contribution in [-0.4, -0.2) is 49.3 Å². The average Bonchev–Trinajstić information content (AvgIpc) is 3.66. The van der Waals surface area contributed by atoms with Gasteiger partial charge in [0, 0.05) is 42.5 Å². The van der Waals surface area contributed by atoms with Crippen molar-refractivity contribution >= 4 is 24.7 Å². The van der Waals surface area contributed by atoms with E-state index in [0.717, 1.165) is 43.3 Å². The fraction of sp³-hybridized carbons (Fsp3) is 0.359. The van der Waals surface area contributed by atoms with Gasteiger partial charge in [-0.05, 0) is 79.8 Å². The molecule has 0 bridgehead atoms. The summed E-state index contributed by atoms with van der Waals surface area (Å²) in [5.74, 6) is 1.43. The topological polar surface area (TPSA) is 105 Å². The molecule has 4 aromatic rings. The van der Waals surface area contributed by atoms with E-state index in [2.05, 4.69) is 89.6 Å². The van der Waals surface area contributed by atoms with Gasteiger partial charge in [0.05, 0.1) is 0 Å². The number of benzene rings is 3. The van der Waals surface area contributed by atoms with Crippen molar-refractivity contribution in [2.24, 2.45) is 0 Å². The van der Waals surface area contributed by atoms with Crippen molar-refractivity contribution in [3.63, 3.8) is 0 Å². The van der Waals surface area contributed by atoms with E-state index in [1.807, 2.05) is 58.7 Å². The molecule has 1 amide bonds. The normalized spacial score (nSPS) is 11.1. The largest absolute Gasteiger partial charge is 0.416 e. The third-order valence-electron chi connectivity index (χ3n) is 6.29. The number of nitrogens with zero attached hydrogens (tertiary/aromatic N) is 3. The Kier molecular flexibility index (Phi) is 26.7. The van der Waals surface area contributed by atoms with Gasteiger partial charge >= 0.3 is 0 Å². The minimum atomic E-state index is -0.128. The second-order valence-corrected chi connectivity index (χ2v) is 9.23. The summed E-state index contributed by atoms with van der Waals surface area (Å²) in [5.41, 5.74) is 4.92. The Bertz CT molecular complexity index is 1340. The molecule has 254 valence electrons. The highest BCUT2D eigenvalue weighted by Gasteiger charge is 2.21. The summed E-state index contributed by atoms with van der Waals surface area (Å²) in [7, 11) is 1.61. The Morgan fingerprint density at radius 1 is 0.851 bits per heavy atom. The molecule has 0 atom stereocenters. The zero-order valence-electron chi connectivity index (χ0n) is 29.5. The lowest BCUT2D eigenvalue weighted by molar-refractivity contribution is -0.106. The lowest BCUT2D eigenvalue weighted by Gasteiger charge is -2.34. The second-order valence-electron chi connectivity index (χ2n) is 9.23. The van der Waals surface area contributed by atoms with Crippen LogP contribution in [0.5, 0.6) is 0 Å². The Hall–Kier alpha value is -5.03. The number of nitrogens with one attached hydrogen (secondary N) is 1. The van der Waals surface area contributed by atoms with E-state index < -0.39 is 0 Å². The fourth-order valence-corrected chi connectivity index (χ4v) is 4.38. The molecule has 1 aliphatic rings. The molecule has 1 fully saturated rings. The maximum atomic E-state index is 11.7. The van der Waals surface area contributed by atoms with E-state index in [1.165, 1.54) is 24.6 Å². The molecule has 1 aliphatic heterocycles. The summed E-state index contributed by atoms with van der Waals surface area (Å²) < 4.78 is 5.89. The molecule has 3 aromatic carbocycles. The lowest BCUT2D eigenvalue weighted by atomic mass is 9.89. The van der Waals surface area contributed by atoms with Gasteiger partial charge in [0.25, 0.3) is 5.91 Å². The molecule has 1 aromatic heterocycles. The quantitative estimate of drug-likeness (QED) is 0.171. The molecular weight excluding hydrogens is 588 g/mol. The summed E-state index contributed by atoms with van der Waals surface area (Å²) in [5, 5.41) is 11.0. The summed E-state index contributed by atoms with van der Waals surface area (Å²) in [4.78, 5) is 31.0. The van der Waals surface area contributed by atoms with Gasteiger partial charge in [-0.3, -0.25) is 4.79 Å². The van der Waals surface area contributed by atoms with Crippen LogP contribution >= 0.6 is 0 Å². The van der Waals surface area contributed by atoms with E-state index in [-0.39, 0.29) is 5.91 Å². The highest BCUT2D eigenvalue weighted by Crippen LogP contribution is 2.31. The number of carbonyl (C=O) groups is 3. The molecule has 0 saturated carbocycles. The molecule has 0 spiro atoms. The number of anilines is 1. The number of aromatic nitrogens is 2. The molecule has 1 N–H and O–H groups in total. The minimum Gasteiger partial charge on any atom is -0.416 e. The molecule has 5 rings (SSSR count). The molecule has 0 aliphatic carbocycles. The first-order valence-electron chi connectivity index (χ1n) is 16.1. The maximum Gasteiger partial charge on any atom is 0.251 e.